The van der Waals surface area contributed by atoms with E-state index in [0.29, 0.717) is 36.3 Å². The van der Waals surface area contributed by atoms with E-state index in [2.05, 4.69) is 4.98 Å². The SMILES string of the molecule is COc1cc(CC(=O)N2CCC(c3ccnc(-c4ccccc4)n3)CC2)cc(OC)c1OC. The highest BCUT2D eigenvalue weighted by Gasteiger charge is 2.25. The van der Waals surface area contributed by atoms with Crippen molar-refractivity contribution in [3.05, 3.63) is 66.0 Å². The van der Waals surface area contributed by atoms with Crippen LogP contribution in [0.5, 0.6) is 17.2 Å². The van der Waals surface area contributed by atoms with Gasteiger partial charge in [-0.25, -0.2) is 9.97 Å². The molecule has 0 saturated carbocycles. The summed E-state index contributed by atoms with van der Waals surface area (Å²) in [5, 5.41) is 0. The van der Waals surface area contributed by atoms with E-state index < -0.39 is 0 Å². The average molecular weight is 448 g/mol. The Labute approximate surface area is 194 Å². The first kappa shape index (κ1) is 22.6. The van der Waals surface area contributed by atoms with Crippen LogP contribution in [-0.4, -0.2) is 55.2 Å². The van der Waals surface area contributed by atoms with Crippen LogP contribution in [-0.2, 0) is 11.2 Å². The lowest BCUT2D eigenvalue weighted by atomic mass is 9.93. The lowest BCUT2D eigenvalue weighted by molar-refractivity contribution is -0.131. The number of hydrogen-bond donors (Lipinski definition) is 0. The van der Waals surface area contributed by atoms with Crippen LogP contribution in [0, 0.1) is 0 Å². The number of rotatable bonds is 7. The summed E-state index contributed by atoms with van der Waals surface area (Å²) in [6.45, 7) is 1.41. The summed E-state index contributed by atoms with van der Waals surface area (Å²) in [5.41, 5.74) is 2.89. The summed E-state index contributed by atoms with van der Waals surface area (Å²) in [7, 11) is 4.71. The van der Waals surface area contributed by atoms with Gasteiger partial charge >= 0.3 is 0 Å². The van der Waals surface area contributed by atoms with Crippen molar-refractivity contribution in [1.29, 1.82) is 0 Å². The van der Waals surface area contributed by atoms with E-state index in [-0.39, 0.29) is 12.3 Å². The van der Waals surface area contributed by atoms with Crippen molar-refractivity contribution in [2.75, 3.05) is 34.4 Å². The minimum atomic E-state index is 0.0929. The molecule has 172 valence electrons. The van der Waals surface area contributed by atoms with Crippen molar-refractivity contribution in [3.63, 3.8) is 0 Å². The number of hydrogen-bond acceptors (Lipinski definition) is 6. The molecule has 7 nitrogen and oxygen atoms in total. The number of ether oxygens (including phenoxy) is 3. The predicted molar refractivity (Wildman–Crippen MR) is 126 cm³/mol. The zero-order valence-electron chi connectivity index (χ0n) is 19.3. The third-order valence-corrected chi connectivity index (χ3v) is 6.05. The highest BCUT2D eigenvalue weighted by Crippen LogP contribution is 2.38. The second kappa shape index (κ2) is 10.3. The van der Waals surface area contributed by atoms with Crippen LogP contribution >= 0.6 is 0 Å². The Hall–Kier alpha value is -3.61. The van der Waals surface area contributed by atoms with E-state index in [9.17, 15) is 4.79 Å². The standard InChI is InChI=1S/C26H29N3O4/c1-31-22-15-18(16-23(32-2)25(22)33-3)17-24(30)29-13-10-19(11-14-29)21-9-12-27-26(28-21)20-7-5-4-6-8-20/h4-9,12,15-16,19H,10-11,13-14,17H2,1-3H3. The Kier molecular flexibility index (Phi) is 7.07. The summed E-state index contributed by atoms with van der Waals surface area (Å²) in [6, 6.07) is 15.7. The summed E-state index contributed by atoms with van der Waals surface area (Å²) < 4.78 is 16.2. The molecule has 33 heavy (non-hydrogen) atoms. The molecular weight excluding hydrogens is 418 g/mol. The third kappa shape index (κ3) is 5.08. The van der Waals surface area contributed by atoms with Crippen LogP contribution in [0.3, 0.4) is 0 Å². The molecule has 0 spiro atoms. The van der Waals surface area contributed by atoms with Gasteiger partial charge in [-0.1, -0.05) is 30.3 Å². The van der Waals surface area contributed by atoms with Gasteiger partial charge in [-0.2, -0.15) is 0 Å². The van der Waals surface area contributed by atoms with Gasteiger partial charge < -0.3 is 19.1 Å². The topological polar surface area (TPSA) is 73.8 Å². The second-order valence-electron chi connectivity index (χ2n) is 8.04. The van der Waals surface area contributed by atoms with Crippen molar-refractivity contribution in [3.8, 4) is 28.6 Å². The molecule has 1 saturated heterocycles. The maximum atomic E-state index is 13.0. The number of likely N-dealkylation sites (tertiary alicyclic amines) is 1. The highest BCUT2D eigenvalue weighted by molar-refractivity contribution is 5.79. The first-order valence-electron chi connectivity index (χ1n) is 11.1. The lowest BCUT2D eigenvalue weighted by Gasteiger charge is -2.32. The predicted octanol–water partition coefficient (Wildman–Crippen LogP) is 4.12. The summed E-state index contributed by atoms with van der Waals surface area (Å²) in [5.74, 6) is 2.79. The van der Waals surface area contributed by atoms with Crippen molar-refractivity contribution in [2.45, 2.75) is 25.2 Å². The smallest absolute Gasteiger partial charge is 0.226 e. The molecule has 1 fully saturated rings. The maximum Gasteiger partial charge on any atom is 0.226 e. The highest BCUT2D eigenvalue weighted by atomic mass is 16.5. The molecule has 2 aromatic carbocycles. The fourth-order valence-corrected chi connectivity index (χ4v) is 4.27. The second-order valence-corrected chi connectivity index (χ2v) is 8.04. The Morgan fingerprint density at radius 2 is 1.64 bits per heavy atom. The molecule has 0 bridgehead atoms. The Bertz CT molecular complexity index is 1070. The fraction of sp³-hybridized carbons (Fsp3) is 0.346. The molecule has 1 aromatic heterocycles. The molecule has 7 heteroatoms. The van der Waals surface area contributed by atoms with Crippen LogP contribution < -0.4 is 14.2 Å². The summed E-state index contributed by atoms with van der Waals surface area (Å²) >= 11 is 0. The first-order chi connectivity index (χ1) is 16.1. The molecule has 1 aliphatic heterocycles. The number of aromatic nitrogens is 2. The lowest BCUT2D eigenvalue weighted by Crippen LogP contribution is -2.39. The monoisotopic (exact) mass is 447 g/mol. The molecule has 3 aromatic rings. The van der Waals surface area contributed by atoms with Crippen molar-refractivity contribution < 1.29 is 19.0 Å². The quantitative estimate of drug-likeness (QED) is 0.543. The number of nitrogens with zero attached hydrogens (tertiary/aromatic N) is 3. The molecule has 1 aliphatic rings. The minimum Gasteiger partial charge on any atom is -0.493 e. The average Bonchev–Trinajstić information content (AvgIpc) is 2.88. The normalized spacial score (nSPS) is 14.1. The van der Waals surface area contributed by atoms with Gasteiger partial charge in [0.15, 0.2) is 17.3 Å². The third-order valence-electron chi connectivity index (χ3n) is 6.05. The van der Waals surface area contributed by atoms with Gasteiger partial charge in [0.2, 0.25) is 11.7 Å². The van der Waals surface area contributed by atoms with Crippen molar-refractivity contribution in [2.24, 2.45) is 0 Å². The molecule has 0 unspecified atom stereocenters. The van der Waals surface area contributed by atoms with Gasteiger partial charge in [-0.05, 0) is 36.6 Å². The number of amides is 1. The molecule has 0 radical (unpaired) electrons. The van der Waals surface area contributed by atoms with E-state index in [1.807, 2.05) is 59.6 Å². The molecular formula is C26H29N3O4. The molecule has 0 aliphatic carbocycles. The summed E-state index contributed by atoms with van der Waals surface area (Å²) in [4.78, 5) is 24.2. The minimum absolute atomic E-state index is 0.0929. The molecule has 1 amide bonds. The Morgan fingerprint density at radius 3 is 2.24 bits per heavy atom. The first-order valence-corrected chi connectivity index (χ1v) is 11.1. The Morgan fingerprint density at radius 1 is 0.970 bits per heavy atom. The number of benzene rings is 2. The maximum absolute atomic E-state index is 13.0. The molecule has 0 N–H and O–H groups in total. The number of methoxy groups -OCH3 is 3. The number of carbonyl (C=O) groups excluding carboxylic acids is 1. The van der Waals surface area contributed by atoms with Crippen molar-refractivity contribution in [1.82, 2.24) is 14.9 Å². The van der Waals surface area contributed by atoms with Gasteiger partial charge in [0.1, 0.15) is 0 Å². The van der Waals surface area contributed by atoms with Crippen LogP contribution in [0.2, 0.25) is 0 Å². The van der Waals surface area contributed by atoms with E-state index in [1.165, 1.54) is 0 Å². The van der Waals surface area contributed by atoms with Crippen LogP contribution in [0.25, 0.3) is 11.4 Å². The largest absolute Gasteiger partial charge is 0.493 e. The zero-order valence-corrected chi connectivity index (χ0v) is 19.3. The van der Waals surface area contributed by atoms with E-state index in [1.54, 1.807) is 21.3 Å². The van der Waals surface area contributed by atoms with Crippen LogP contribution in [0.15, 0.2) is 54.7 Å². The van der Waals surface area contributed by atoms with Crippen LogP contribution in [0.1, 0.15) is 30.0 Å². The van der Waals surface area contributed by atoms with Crippen molar-refractivity contribution >= 4 is 5.91 Å². The zero-order chi connectivity index (χ0) is 23.2. The van der Waals surface area contributed by atoms with Gasteiger partial charge in [0, 0.05) is 36.5 Å². The van der Waals surface area contributed by atoms with Gasteiger partial charge in [-0.3, -0.25) is 4.79 Å². The molecule has 0 atom stereocenters. The molecule has 4 rings (SSSR count). The number of carbonyl (C=O) groups is 1. The Balaban J connectivity index is 1.40. The van der Waals surface area contributed by atoms with E-state index in [0.717, 1.165) is 35.5 Å². The van der Waals surface area contributed by atoms with E-state index in [4.69, 9.17) is 19.2 Å². The van der Waals surface area contributed by atoms with Gasteiger partial charge in [0.05, 0.1) is 27.8 Å². The fourth-order valence-electron chi connectivity index (χ4n) is 4.27. The van der Waals surface area contributed by atoms with Crippen LogP contribution in [0.4, 0.5) is 0 Å². The summed E-state index contributed by atoms with van der Waals surface area (Å²) in [6.07, 6.45) is 3.87. The van der Waals surface area contributed by atoms with Gasteiger partial charge in [-0.15, -0.1) is 0 Å². The number of piperidine rings is 1. The van der Waals surface area contributed by atoms with E-state index >= 15 is 0 Å². The molecule has 2 heterocycles. The van der Waals surface area contributed by atoms with Gasteiger partial charge in [0.25, 0.3) is 0 Å².